The van der Waals surface area contributed by atoms with Crippen LogP contribution in [0.5, 0.6) is 0 Å². The van der Waals surface area contributed by atoms with Crippen LogP contribution in [0.1, 0.15) is 18.1 Å². The van der Waals surface area contributed by atoms with Crippen LogP contribution in [0.3, 0.4) is 0 Å². The molecule has 2 aliphatic rings. The zero-order valence-corrected chi connectivity index (χ0v) is 15.9. The molecular weight excluding hydrogens is 350 g/mol. The second-order valence-electron chi connectivity index (χ2n) is 7.92. The van der Waals surface area contributed by atoms with Gasteiger partial charge in [0, 0.05) is 18.5 Å². The standard InChI is InChI=1S/C24H25NO3/c1-16-12-13-19-22(21(16)24(27)28)20(14-17-8-4-2-5-9-17)25(23(19)26)15-18-10-6-3-7-11-18/h2-13,16,19-22H,14-15H2,1H3,(H,27,28)/t16-,19+,20+,21-,22+/m1/s1. The fraction of sp³-hybridized carbons (Fsp3) is 0.333. The number of aliphatic carboxylic acids is 1. The van der Waals surface area contributed by atoms with Crippen molar-refractivity contribution in [2.24, 2.45) is 23.7 Å². The van der Waals surface area contributed by atoms with E-state index >= 15 is 0 Å². The van der Waals surface area contributed by atoms with E-state index in [1.54, 1.807) is 0 Å². The number of amides is 1. The van der Waals surface area contributed by atoms with Crippen molar-refractivity contribution in [3.63, 3.8) is 0 Å². The maximum absolute atomic E-state index is 13.3. The van der Waals surface area contributed by atoms with Gasteiger partial charge >= 0.3 is 5.97 Å². The molecule has 0 saturated carbocycles. The monoisotopic (exact) mass is 375 g/mol. The van der Waals surface area contributed by atoms with E-state index in [4.69, 9.17) is 0 Å². The number of rotatable bonds is 5. The summed E-state index contributed by atoms with van der Waals surface area (Å²) in [6.07, 6.45) is 4.52. The van der Waals surface area contributed by atoms with Gasteiger partial charge in [-0.15, -0.1) is 0 Å². The first-order valence-corrected chi connectivity index (χ1v) is 9.85. The average molecular weight is 375 g/mol. The molecule has 2 aromatic rings. The zero-order chi connectivity index (χ0) is 19.7. The summed E-state index contributed by atoms with van der Waals surface area (Å²) in [5.74, 6) is -1.96. The number of hydrogen-bond acceptors (Lipinski definition) is 2. The highest BCUT2D eigenvalue weighted by Gasteiger charge is 2.54. The van der Waals surface area contributed by atoms with Gasteiger partial charge in [0.15, 0.2) is 0 Å². The number of carbonyl (C=O) groups is 2. The van der Waals surface area contributed by atoms with Crippen LogP contribution < -0.4 is 0 Å². The van der Waals surface area contributed by atoms with Crippen LogP contribution in [0.25, 0.3) is 0 Å². The van der Waals surface area contributed by atoms with E-state index in [0.29, 0.717) is 13.0 Å². The van der Waals surface area contributed by atoms with Gasteiger partial charge in [-0.25, -0.2) is 0 Å². The summed E-state index contributed by atoms with van der Waals surface area (Å²) in [6.45, 7) is 2.45. The predicted octanol–water partition coefficient (Wildman–Crippen LogP) is 3.78. The summed E-state index contributed by atoms with van der Waals surface area (Å²) in [4.78, 5) is 27.3. The minimum absolute atomic E-state index is 0.0455. The molecule has 0 bridgehead atoms. The Bertz CT molecular complexity index is 877. The fourth-order valence-electron chi connectivity index (χ4n) is 4.87. The minimum atomic E-state index is -0.806. The van der Waals surface area contributed by atoms with Gasteiger partial charge in [-0.05, 0) is 23.5 Å². The lowest BCUT2D eigenvalue weighted by Crippen LogP contribution is -2.42. The van der Waals surface area contributed by atoms with Crippen LogP contribution >= 0.6 is 0 Å². The van der Waals surface area contributed by atoms with Gasteiger partial charge in [0.2, 0.25) is 5.91 Å². The third-order valence-electron chi connectivity index (χ3n) is 6.20. The van der Waals surface area contributed by atoms with E-state index in [2.05, 4.69) is 12.1 Å². The van der Waals surface area contributed by atoms with Crippen molar-refractivity contribution < 1.29 is 14.7 Å². The Morgan fingerprint density at radius 3 is 2.18 bits per heavy atom. The number of carboxylic acid groups (broad SMARTS) is 1. The van der Waals surface area contributed by atoms with Crippen LogP contribution in [0.2, 0.25) is 0 Å². The SMILES string of the molecule is C[C@@H]1C=C[C@@H]2C(=O)N(Cc3ccccc3)[C@@H](Cc3ccccc3)[C@H]2[C@@H]1C(=O)O. The molecule has 1 fully saturated rings. The maximum Gasteiger partial charge on any atom is 0.307 e. The lowest BCUT2D eigenvalue weighted by Gasteiger charge is -2.35. The second-order valence-corrected chi connectivity index (χ2v) is 7.92. The summed E-state index contributed by atoms with van der Waals surface area (Å²) in [6, 6.07) is 19.9. The largest absolute Gasteiger partial charge is 0.481 e. The molecule has 4 heteroatoms. The molecule has 1 heterocycles. The predicted molar refractivity (Wildman–Crippen MR) is 107 cm³/mol. The Balaban J connectivity index is 1.73. The summed E-state index contributed by atoms with van der Waals surface area (Å²) < 4.78 is 0. The van der Waals surface area contributed by atoms with Crippen LogP contribution in [-0.4, -0.2) is 27.9 Å². The van der Waals surface area contributed by atoms with Gasteiger partial charge in [-0.2, -0.15) is 0 Å². The molecule has 0 spiro atoms. The normalized spacial score (nSPS) is 29.0. The number of carbonyl (C=O) groups excluding carboxylic acids is 1. The molecule has 4 rings (SSSR count). The van der Waals surface area contributed by atoms with Crippen molar-refractivity contribution >= 4 is 11.9 Å². The van der Waals surface area contributed by atoms with Crippen molar-refractivity contribution in [3.8, 4) is 0 Å². The first kappa shape index (κ1) is 18.5. The highest BCUT2D eigenvalue weighted by molar-refractivity contribution is 5.86. The van der Waals surface area contributed by atoms with Gasteiger partial charge in [0.05, 0.1) is 11.8 Å². The molecule has 2 aromatic carbocycles. The van der Waals surface area contributed by atoms with Crippen LogP contribution in [0.4, 0.5) is 0 Å². The molecule has 1 saturated heterocycles. The molecule has 5 atom stereocenters. The lowest BCUT2D eigenvalue weighted by molar-refractivity contribution is -0.146. The lowest BCUT2D eigenvalue weighted by atomic mass is 9.69. The topological polar surface area (TPSA) is 57.6 Å². The summed E-state index contributed by atoms with van der Waals surface area (Å²) in [7, 11) is 0. The molecule has 144 valence electrons. The molecule has 0 radical (unpaired) electrons. The minimum Gasteiger partial charge on any atom is -0.481 e. The van der Waals surface area contributed by atoms with E-state index in [0.717, 1.165) is 11.1 Å². The van der Waals surface area contributed by atoms with Crippen molar-refractivity contribution in [2.45, 2.75) is 25.9 Å². The summed E-state index contributed by atoms with van der Waals surface area (Å²) >= 11 is 0. The third-order valence-corrected chi connectivity index (χ3v) is 6.20. The van der Waals surface area contributed by atoms with Crippen molar-refractivity contribution in [1.29, 1.82) is 0 Å². The molecule has 0 aromatic heterocycles. The van der Waals surface area contributed by atoms with Crippen LogP contribution in [-0.2, 0) is 22.6 Å². The molecular formula is C24H25NO3. The Morgan fingerprint density at radius 2 is 1.57 bits per heavy atom. The van der Waals surface area contributed by atoms with Crippen LogP contribution in [0.15, 0.2) is 72.8 Å². The third kappa shape index (κ3) is 3.35. The summed E-state index contributed by atoms with van der Waals surface area (Å²) in [5, 5.41) is 9.94. The molecule has 1 aliphatic carbocycles. The van der Waals surface area contributed by atoms with E-state index in [9.17, 15) is 14.7 Å². The van der Waals surface area contributed by atoms with E-state index in [1.165, 1.54) is 0 Å². The molecule has 28 heavy (non-hydrogen) atoms. The number of carboxylic acids is 1. The van der Waals surface area contributed by atoms with E-state index < -0.39 is 11.9 Å². The zero-order valence-electron chi connectivity index (χ0n) is 15.9. The first-order valence-electron chi connectivity index (χ1n) is 9.85. The number of benzene rings is 2. The number of allylic oxidation sites excluding steroid dienone is 1. The highest BCUT2D eigenvalue weighted by Crippen LogP contribution is 2.45. The van der Waals surface area contributed by atoms with Crippen molar-refractivity contribution in [2.75, 3.05) is 0 Å². The van der Waals surface area contributed by atoms with Crippen LogP contribution in [0, 0.1) is 23.7 Å². The maximum atomic E-state index is 13.3. The first-order chi connectivity index (χ1) is 13.6. The Kier molecular flexibility index (Phi) is 5.03. The smallest absolute Gasteiger partial charge is 0.307 e. The quantitative estimate of drug-likeness (QED) is 0.809. The van der Waals surface area contributed by atoms with Gasteiger partial charge < -0.3 is 10.0 Å². The van der Waals surface area contributed by atoms with Gasteiger partial charge in [-0.1, -0.05) is 79.7 Å². The second kappa shape index (κ2) is 7.63. The number of hydrogen-bond donors (Lipinski definition) is 1. The summed E-state index contributed by atoms with van der Waals surface area (Å²) in [5.41, 5.74) is 2.20. The number of fused-ring (bicyclic) bond motifs is 1. The Hall–Kier alpha value is -2.88. The van der Waals surface area contributed by atoms with Gasteiger partial charge in [-0.3, -0.25) is 9.59 Å². The fourth-order valence-corrected chi connectivity index (χ4v) is 4.87. The van der Waals surface area contributed by atoms with E-state index in [-0.39, 0.29) is 29.7 Å². The molecule has 4 nitrogen and oxygen atoms in total. The Labute approximate surface area is 165 Å². The molecule has 1 N–H and O–H groups in total. The average Bonchev–Trinajstić information content (AvgIpc) is 2.95. The van der Waals surface area contributed by atoms with Gasteiger partial charge in [0.1, 0.15) is 0 Å². The molecule has 1 amide bonds. The molecule has 1 aliphatic heterocycles. The molecule has 0 unspecified atom stereocenters. The Morgan fingerprint density at radius 1 is 0.964 bits per heavy atom. The van der Waals surface area contributed by atoms with Crippen molar-refractivity contribution in [3.05, 3.63) is 83.9 Å². The highest BCUT2D eigenvalue weighted by atomic mass is 16.4. The number of likely N-dealkylation sites (tertiary alicyclic amines) is 1. The van der Waals surface area contributed by atoms with Crippen molar-refractivity contribution in [1.82, 2.24) is 4.90 Å². The number of nitrogens with zero attached hydrogens (tertiary/aromatic N) is 1. The van der Waals surface area contributed by atoms with E-state index in [1.807, 2.05) is 72.5 Å². The van der Waals surface area contributed by atoms with Gasteiger partial charge in [0.25, 0.3) is 0 Å².